The summed E-state index contributed by atoms with van der Waals surface area (Å²) in [5.74, 6) is 0.356. The largest absolute Gasteiger partial charge is 0.383 e. The van der Waals surface area contributed by atoms with Gasteiger partial charge in [-0.05, 0) is 12.0 Å². The number of anilines is 1. The predicted octanol–water partition coefficient (Wildman–Crippen LogP) is 1.15. The van der Waals surface area contributed by atoms with Gasteiger partial charge in [0.1, 0.15) is 11.4 Å². The highest BCUT2D eigenvalue weighted by Gasteiger charge is 2.35. The molecule has 0 aliphatic heterocycles. The van der Waals surface area contributed by atoms with Crippen molar-refractivity contribution in [1.82, 2.24) is 4.98 Å². The molecule has 0 aromatic carbocycles. The van der Waals surface area contributed by atoms with E-state index < -0.39 is 5.60 Å². The van der Waals surface area contributed by atoms with Crippen molar-refractivity contribution >= 4 is 5.82 Å². The Bertz CT molecular complexity index is 328. The Morgan fingerprint density at radius 2 is 2.27 bits per heavy atom. The highest BCUT2D eigenvalue weighted by atomic mass is 16.5. The highest BCUT2D eigenvalue weighted by molar-refractivity contribution is 5.43. The monoisotopic (exact) mass is 210 g/mol. The molecule has 1 heterocycles. The molecule has 1 aromatic heterocycles. The number of rotatable bonds is 4. The van der Waals surface area contributed by atoms with Gasteiger partial charge in [-0.25, -0.2) is 4.98 Å². The van der Waals surface area contributed by atoms with Gasteiger partial charge in [0, 0.05) is 18.9 Å². The molecule has 0 saturated carbocycles. The Morgan fingerprint density at radius 1 is 1.60 bits per heavy atom. The second kappa shape index (κ2) is 4.59. The van der Waals surface area contributed by atoms with E-state index in [9.17, 15) is 5.11 Å². The zero-order valence-electron chi connectivity index (χ0n) is 9.40. The van der Waals surface area contributed by atoms with E-state index in [1.807, 2.05) is 13.8 Å². The molecule has 0 fully saturated rings. The van der Waals surface area contributed by atoms with Gasteiger partial charge < -0.3 is 15.6 Å². The number of nitrogens with zero attached hydrogens (tertiary/aromatic N) is 1. The van der Waals surface area contributed by atoms with Crippen LogP contribution in [0.4, 0.5) is 5.82 Å². The Balaban J connectivity index is 3.15. The second-order valence-electron chi connectivity index (χ2n) is 3.95. The van der Waals surface area contributed by atoms with E-state index in [2.05, 4.69) is 4.98 Å². The van der Waals surface area contributed by atoms with Crippen molar-refractivity contribution < 1.29 is 9.84 Å². The third-order valence-corrected chi connectivity index (χ3v) is 2.62. The normalized spacial score (nSPS) is 15.3. The maximum Gasteiger partial charge on any atom is 0.129 e. The van der Waals surface area contributed by atoms with E-state index in [4.69, 9.17) is 10.5 Å². The maximum absolute atomic E-state index is 10.5. The average molecular weight is 210 g/mol. The average Bonchev–Trinajstić information content (AvgIpc) is 2.18. The fraction of sp³-hybridized carbons (Fsp3) is 0.545. The Labute approximate surface area is 90.1 Å². The minimum atomic E-state index is -1.08. The van der Waals surface area contributed by atoms with Crippen LogP contribution in [0.15, 0.2) is 18.3 Å². The summed E-state index contributed by atoms with van der Waals surface area (Å²) >= 11 is 0. The van der Waals surface area contributed by atoms with Gasteiger partial charge >= 0.3 is 0 Å². The number of pyridine rings is 1. The lowest BCUT2D eigenvalue weighted by atomic mass is 9.84. The van der Waals surface area contributed by atoms with E-state index in [0.29, 0.717) is 11.4 Å². The van der Waals surface area contributed by atoms with Gasteiger partial charge in [-0.2, -0.15) is 0 Å². The SMILES string of the molecule is COCC(O)(c1cccnc1N)C(C)C. The number of hydrogen-bond acceptors (Lipinski definition) is 4. The Morgan fingerprint density at radius 3 is 2.73 bits per heavy atom. The standard InChI is InChI=1S/C11H18N2O2/c1-8(2)11(14,7-15-3)9-5-4-6-13-10(9)12/h4-6,8,14H,7H2,1-3H3,(H2,12,13). The van der Waals surface area contributed by atoms with Gasteiger partial charge in [-0.15, -0.1) is 0 Å². The molecule has 15 heavy (non-hydrogen) atoms. The van der Waals surface area contributed by atoms with Gasteiger partial charge in [-0.1, -0.05) is 19.9 Å². The third kappa shape index (κ3) is 2.27. The second-order valence-corrected chi connectivity index (χ2v) is 3.95. The minimum Gasteiger partial charge on any atom is -0.383 e. The van der Waals surface area contributed by atoms with Crippen LogP contribution in [0.1, 0.15) is 19.4 Å². The number of aromatic nitrogens is 1. The molecule has 0 spiro atoms. The molecule has 1 aromatic rings. The first-order chi connectivity index (χ1) is 7.02. The van der Waals surface area contributed by atoms with Gasteiger partial charge in [-0.3, -0.25) is 0 Å². The smallest absolute Gasteiger partial charge is 0.129 e. The zero-order valence-corrected chi connectivity index (χ0v) is 9.40. The third-order valence-electron chi connectivity index (χ3n) is 2.62. The molecule has 0 bridgehead atoms. The molecule has 0 saturated heterocycles. The van der Waals surface area contributed by atoms with Crippen molar-refractivity contribution in [3.63, 3.8) is 0 Å². The lowest BCUT2D eigenvalue weighted by Crippen LogP contribution is -2.37. The first-order valence-electron chi connectivity index (χ1n) is 4.94. The van der Waals surface area contributed by atoms with Crippen molar-refractivity contribution in [2.75, 3.05) is 19.5 Å². The molecule has 1 atom stereocenters. The topological polar surface area (TPSA) is 68.4 Å². The molecule has 4 nitrogen and oxygen atoms in total. The van der Waals surface area contributed by atoms with Crippen LogP contribution in [0.25, 0.3) is 0 Å². The van der Waals surface area contributed by atoms with E-state index in [1.54, 1.807) is 25.4 Å². The van der Waals surface area contributed by atoms with E-state index >= 15 is 0 Å². The first kappa shape index (κ1) is 11.9. The number of methoxy groups -OCH3 is 1. The summed E-state index contributed by atoms with van der Waals surface area (Å²) < 4.78 is 5.04. The van der Waals surface area contributed by atoms with Crippen molar-refractivity contribution in [3.8, 4) is 0 Å². The van der Waals surface area contributed by atoms with E-state index in [-0.39, 0.29) is 12.5 Å². The fourth-order valence-electron chi connectivity index (χ4n) is 1.56. The summed E-state index contributed by atoms with van der Waals surface area (Å²) in [7, 11) is 1.56. The molecule has 4 heteroatoms. The van der Waals surface area contributed by atoms with Crippen LogP contribution in [-0.4, -0.2) is 23.8 Å². The van der Waals surface area contributed by atoms with Gasteiger partial charge in [0.05, 0.1) is 6.61 Å². The Hall–Kier alpha value is -1.13. The van der Waals surface area contributed by atoms with Crippen molar-refractivity contribution in [1.29, 1.82) is 0 Å². The van der Waals surface area contributed by atoms with Gasteiger partial charge in [0.25, 0.3) is 0 Å². The number of ether oxygens (including phenoxy) is 1. The summed E-state index contributed by atoms with van der Waals surface area (Å²) in [4.78, 5) is 3.97. The van der Waals surface area contributed by atoms with Crippen LogP contribution in [0, 0.1) is 5.92 Å². The lowest BCUT2D eigenvalue weighted by Gasteiger charge is -2.32. The van der Waals surface area contributed by atoms with E-state index in [1.165, 1.54) is 0 Å². The summed E-state index contributed by atoms with van der Waals surface area (Å²) in [6.07, 6.45) is 1.60. The first-order valence-corrected chi connectivity index (χ1v) is 4.94. The number of aliphatic hydroxyl groups is 1. The molecule has 0 aliphatic rings. The van der Waals surface area contributed by atoms with Crippen LogP contribution in [0.2, 0.25) is 0 Å². The molecular weight excluding hydrogens is 192 g/mol. The highest BCUT2D eigenvalue weighted by Crippen LogP contribution is 2.32. The molecule has 1 rings (SSSR count). The summed E-state index contributed by atoms with van der Waals surface area (Å²) in [5.41, 5.74) is 5.30. The van der Waals surface area contributed by atoms with Gasteiger partial charge in [0.2, 0.25) is 0 Å². The Kier molecular flexibility index (Phi) is 3.66. The fourth-order valence-corrected chi connectivity index (χ4v) is 1.56. The zero-order chi connectivity index (χ0) is 11.5. The predicted molar refractivity (Wildman–Crippen MR) is 59.3 cm³/mol. The summed E-state index contributed by atoms with van der Waals surface area (Å²) in [5, 5.41) is 10.5. The molecular formula is C11H18N2O2. The summed E-state index contributed by atoms with van der Waals surface area (Å²) in [6, 6.07) is 3.54. The molecule has 84 valence electrons. The number of nitrogens with two attached hydrogens (primary N) is 1. The van der Waals surface area contributed by atoms with Gasteiger partial charge in [0.15, 0.2) is 0 Å². The van der Waals surface area contributed by atoms with Crippen molar-refractivity contribution in [3.05, 3.63) is 23.9 Å². The van der Waals surface area contributed by atoms with Crippen LogP contribution in [0.3, 0.4) is 0 Å². The van der Waals surface area contributed by atoms with Crippen LogP contribution in [0.5, 0.6) is 0 Å². The molecule has 3 N–H and O–H groups in total. The van der Waals surface area contributed by atoms with Crippen molar-refractivity contribution in [2.24, 2.45) is 5.92 Å². The molecule has 0 aliphatic carbocycles. The summed E-state index contributed by atoms with van der Waals surface area (Å²) in [6.45, 7) is 4.05. The molecule has 1 unspecified atom stereocenters. The minimum absolute atomic E-state index is 0.00366. The van der Waals surface area contributed by atoms with Crippen LogP contribution < -0.4 is 5.73 Å². The molecule has 0 amide bonds. The molecule has 0 radical (unpaired) electrons. The quantitative estimate of drug-likeness (QED) is 0.782. The number of hydrogen-bond donors (Lipinski definition) is 2. The van der Waals surface area contributed by atoms with E-state index in [0.717, 1.165) is 0 Å². The maximum atomic E-state index is 10.5. The number of nitrogen functional groups attached to an aromatic ring is 1. The van der Waals surface area contributed by atoms with Crippen LogP contribution >= 0.6 is 0 Å². The lowest BCUT2D eigenvalue weighted by molar-refractivity contribution is -0.0696. The van der Waals surface area contributed by atoms with Crippen LogP contribution in [-0.2, 0) is 10.3 Å². The van der Waals surface area contributed by atoms with Crippen molar-refractivity contribution in [2.45, 2.75) is 19.4 Å².